The monoisotopic (exact) mass is 239 g/mol. The Hall–Kier alpha value is -0.530. The van der Waals surface area contributed by atoms with Gasteiger partial charge < -0.3 is 0 Å². The van der Waals surface area contributed by atoms with Crippen molar-refractivity contribution in [3.63, 3.8) is 0 Å². The summed E-state index contributed by atoms with van der Waals surface area (Å²) in [6.45, 7) is 9.64. The number of hydrogen-bond donors (Lipinski definition) is 0. The first-order valence-corrected chi connectivity index (χ1v) is 6.54. The van der Waals surface area contributed by atoms with E-state index in [1.165, 1.54) is 23.1 Å². The molecule has 0 amide bonds. The molecule has 0 spiro atoms. The van der Waals surface area contributed by atoms with Gasteiger partial charge in [0, 0.05) is 19.0 Å². The zero-order valence-electron chi connectivity index (χ0n) is 10.6. The predicted octanol–water partition coefficient (Wildman–Crippen LogP) is 3.75. The minimum Gasteiger partial charge on any atom is -0.298 e. The average Bonchev–Trinajstić information content (AvgIpc) is 2.16. The summed E-state index contributed by atoms with van der Waals surface area (Å²) in [5.41, 5.74) is 4.09. The standard InChI is InChI=1S/C14H22ClN/c1-4-6-16(7-5-15)11-14-9-12(2)8-13(3)10-14/h8-10H,4-7,11H2,1-3H3. The Morgan fingerprint density at radius 1 is 1.06 bits per heavy atom. The number of rotatable bonds is 6. The first kappa shape index (κ1) is 13.5. The predicted molar refractivity (Wildman–Crippen MR) is 72.2 cm³/mol. The van der Waals surface area contributed by atoms with E-state index in [4.69, 9.17) is 11.6 Å². The highest BCUT2D eigenvalue weighted by molar-refractivity contribution is 6.18. The van der Waals surface area contributed by atoms with Gasteiger partial charge in [0.25, 0.3) is 0 Å². The van der Waals surface area contributed by atoms with Crippen LogP contribution in [0.1, 0.15) is 30.0 Å². The number of benzene rings is 1. The van der Waals surface area contributed by atoms with Crippen molar-refractivity contribution in [2.75, 3.05) is 19.0 Å². The fraction of sp³-hybridized carbons (Fsp3) is 0.571. The number of alkyl halides is 1. The molecule has 0 aliphatic heterocycles. The molecule has 1 nitrogen and oxygen atoms in total. The van der Waals surface area contributed by atoms with Gasteiger partial charge in [-0.2, -0.15) is 0 Å². The SMILES string of the molecule is CCCN(CCCl)Cc1cc(C)cc(C)c1. The zero-order valence-corrected chi connectivity index (χ0v) is 11.3. The van der Waals surface area contributed by atoms with Gasteiger partial charge in [-0.1, -0.05) is 36.2 Å². The lowest BCUT2D eigenvalue weighted by atomic mass is 10.1. The van der Waals surface area contributed by atoms with Gasteiger partial charge in [0.15, 0.2) is 0 Å². The Morgan fingerprint density at radius 3 is 2.19 bits per heavy atom. The van der Waals surface area contributed by atoms with Gasteiger partial charge >= 0.3 is 0 Å². The molecule has 1 aromatic carbocycles. The van der Waals surface area contributed by atoms with Crippen molar-refractivity contribution in [1.29, 1.82) is 0 Å². The Bertz CT molecular complexity index is 296. The highest BCUT2D eigenvalue weighted by Crippen LogP contribution is 2.11. The maximum Gasteiger partial charge on any atom is 0.0351 e. The highest BCUT2D eigenvalue weighted by atomic mass is 35.5. The minimum atomic E-state index is 0.713. The maximum absolute atomic E-state index is 5.82. The third-order valence-corrected chi connectivity index (χ3v) is 2.80. The Labute approximate surface area is 104 Å². The number of halogens is 1. The van der Waals surface area contributed by atoms with Crippen LogP contribution in [0.5, 0.6) is 0 Å². The number of aryl methyl sites for hydroxylation is 2. The van der Waals surface area contributed by atoms with E-state index in [0.29, 0.717) is 5.88 Å². The molecule has 0 unspecified atom stereocenters. The van der Waals surface area contributed by atoms with Crippen LogP contribution in [0.2, 0.25) is 0 Å². The molecule has 0 bridgehead atoms. The molecule has 90 valence electrons. The second-order valence-electron chi connectivity index (χ2n) is 4.46. The molecule has 0 aliphatic rings. The molecule has 1 rings (SSSR count). The first-order chi connectivity index (χ1) is 7.65. The van der Waals surface area contributed by atoms with E-state index in [2.05, 4.69) is 43.9 Å². The molecule has 0 fully saturated rings. The van der Waals surface area contributed by atoms with Crippen molar-refractivity contribution in [2.45, 2.75) is 33.7 Å². The molecule has 0 saturated carbocycles. The smallest absolute Gasteiger partial charge is 0.0351 e. The quantitative estimate of drug-likeness (QED) is 0.684. The minimum absolute atomic E-state index is 0.713. The number of nitrogens with zero attached hydrogens (tertiary/aromatic N) is 1. The Morgan fingerprint density at radius 2 is 1.69 bits per heavy atom. The summed E-state index contributed by atoms with van der Waals surface area (Å²) in [4.78, 5) is 2.42. The van der Waals surface area contributed by atoms with Crippen molar-refractivity contribution in [1.82, 2.24) is 4.90 Å². The number of hydrogen-bond acceptors (Lipinski definition) is 1. The van der Waals surface area contributed by atoms with Crippen LogP contribution in [-0.2, 0) is 6.54 Å². The van der Waals surface area contributed by atoms with Gasteiger partial charge in [-0.05, 0) is 32.4 Å². The summed E-state index contributed by atoms with van der Waals surface area (Å²) >= 11 is 5.82. The van der Waals surface area contributed by atoms with Crippen LogP contribution in [0.4, 0.5) is 0 Å². The summed E-state index contributed by atoms with van der Waals surface area (Å²) in [5, 5.41) is 0. The largest absolute Gasteiger partial charge is 0.298 e. The maximum atomic E-state index is 5.82. The van der Waals surface area contributed by atoms with Gasteiger partial charge in [-0.3, -0.25) is 4.90 Å². The topological polar surface area (TPSA) is 3.24 Å². The van der Waals surface area contributed by atoms with Crippen LogP contribution in [-0.4, -0.2) is 23.9 Å². The van der Waals surface area contributed by atoms with Crippen LogP contribution in [0, 0.1) is 13.8 Å². The summed E-state index contributed by atoms with van der Waals surface area (Å²) in [5.74, 6) is 0.713. The molecule has 2 heteroatoms. The Kier molecular flexibility index (Phi) is 5.86. The normalized spacial score (nSPS) is 11.1. The van der Waals surface area contributed by atoms with Gasteiger partial charge in [0.05, 0.1) is 0 Å². The van der Waals surface area contributed by atoms with Crippen molar-refractivity contribution in [3.05, 3.63) is 34.9 Å². The fourth-order valence-electron chi connectivity index (χ4n) is 2.12. The molecular formula is C14H22ClN. The molecule has 0 saturated heterocycles. The summed E-state index contributed by atoms with van der Waals surface area (Å²) in [6.07, 6.45) is 1.18. The second kappa shape index (κ2) is 6.93. The average molecular weight is 240 g/mol. The van der Waals surface area contributed by atoms with Crippen LogP contribution < -0.4 is 0 Å². The third-order valence-electron chi connectivity index (χ3n) is 2.63. The van der Waals surface area contributed by atoms with E-state index in [1.54, 1.807) is 0 Å². The lowest BCUT2D eigenvalue weighted by Crippen LogP contribution is -2.26. The van der Waals surface area contributed by atoms with E-state index >= 15 is 0 Å². The molecule has 0 aromatic heterocycles. The van der Waals surface area contributed by atoms with Crippen LogP contribution >= 0.6 is 11.6 Å². The van der Waals surface area contributed by atoms with Gasteiger partial charge in [0.1, 0.15) is 0 Å². The lowest BCUT2D eigenvalue weighted by Gasteiger charge is -2.21. The molecule has 0 aliphatic carbocycles. The fourth-order valence-corrected chi connectivity index (χ4v) is 2.36. The molecule has 0 radical (unpaired) electrons. The molecule has 0 atom stereocenters. The van der Waals surface area contributed by atoms with Crippen molar-refractivity contribution in [2.24, 2.45) is 0 Å². The van der Waals surface area contributed by atoms with Crippen molar-refractivity contribution in [3.8, 4) is 0 Å². The van der Waals surface area contributed by atoms with E-state index in [1.807, 2.05) is 0 Å². The summed E-state index contributed by atoms with van der Waals surface area (Å²) in [6, 6.07) is 6.75. The van der Waals surface area contributed by atoms with Gasteiger partial charge in [-0.15, -0.1) is 11.6 Å². The second-order valence-corrected chi connectivity index (χ2v) is 4.84. The van der Waals surface area contributed by atoms with Crippen molar-refractivity contribution < 1.29 is 0 Å². The van der Waals surface area contributed by atoms with Crippen LogP contribution in [0.25, 0.3) is 0 Å². The van der Waals surface area contributed by atoms with Crippen LogP contribution in [0.15, 0.2) is 18.2 Å². The van der Waals surface area contributed by atoms with E-state index in [9.17, 15) is 0 Å². The zero-order chi connectivity index (χ0) is 12.0. The molecular weight excluding hydrogens is 218 g/mol. The van der Waals surface area contributed by atoms with Crippen LogP contribution in [0.3, 0.4) is 0 Å². The molecule has 1 aromatic rings. The van der Waals surface area contributed by atoms with E-state index in [0.717, 1.165) is 19.6 Å². The van der Waals surface area contributed by atoms with Crippen molar-refractivity contribution >= 4 is 11.6 Å². The highest BCUT2D eigenvalue weighted by Gasteiger charge is 2.04. The molecule has 0 N–H and O–H groups in total. The lowest BCUT2D eigenvalue weighted by molar-refractivity contribution is 0.282. The van der Waals surface area contributed by atoms with E-state index < -0.39 is 0 Å². The van der Waals surface area contributed by atoms with Gasteiger partial charge in [0.2, 0.25) is 0 Å². The third kappa shape index (κ3) is 4.54. The van der Waals surface area contributed by atoms with E-state index in [-0.39, 0.29) is 0 Å². The summed E-state index contributed by atoms with van der Waals surface area (Å²) < 4.78 is 0. The molecule has 0 heterocycles. The van der Waals surface area contributed by atoms with Gasteiger partial charge in [-0.25, -0.2) is 0 Å². The Balaban J connectivity index is 2.68. The first-order valence-electron chi connectivity index (χ1n) is 6.01. The summed E-state index contributed by atoms with van der Waals surface area (Å²) in [7, 11) is 0. The molecule has 16 heavy (non-hydrogen) atoms.